The molecule has 7 heteroatoms. The summed E-state index contributed by atoms with van der Waals surface area (Å²) in [7, 11) is 0. The molecule has 1 aliphatic heterocycles. The van der Waals surface area contributed by atoms with Crippen molar-refractivity contribution in [3.05, 3.63) is 47.5 Å². The van der Waals surface area contributed by atoms with E-state index in [1.165, 1.54) is 6.07 Å². The smallest absolute Gasteiger partial charge is 0.246 e. The maximum absolute atomic E-state index is 13.7. The van der Waals surface area contributed by atoms with Gasteiger partial charge in [-0.25, -0.2) is 8.78 Å². The van der Waals surface area contributed by atoms with Crippen molar-refractivity contribution in [2.75, 3.05) is 17.2 Å². The van der Waals surface area contributed by atoms with Crippen molar-refractivity contribution in [3.8, 4) is 11.5 Å². The lowest BCUT2D eigenvalue weighted by molar-refractivity contribution is -0.116. The number of fused-ring (bicyclic) bond motifs is 1. The number of hydrogen-bond donors (Lipinski definition) is 2. The number of halogens is 2. The third-order valence-electron chi connectivity index (χ3n) is 4.25. The summed E-state index contributed by atoms with van der Waals surface area (Å²) in [4.78, 5) is 12.4. The van der Waals surface area contributed by atoms with Gasteiger partial charge in [0, 0.05) is 24.1 Å². The van der Waals surface area contributed by atoms with Crippen molar-refractivity contribution in [1.82, 2.24) is 0 Å². The Kier molecular flexibility index (Phi) is 5.48. The molecular formula is C20H22F2N2O3. The van der Waals surface area contributed by atoms with Gasteiger partial charge >= 0.3 is 0 Å². The van der Waals surface area contributed by atoms with Crippen LogP contribution in [0, 0.1) is 11.6 Å². The van der Waals surface area contributed by atoms with Crippen LogP contribution in [0.3, 0.4) is 0 Å². The second-order valence-corrected chi connectivity index (χ2v) is 6.50. The zero-order chi connectivity index (χ0) is 19.6. The van der Waals surface area contributed by atoms with Crippen LogP contribution in [0.25, 0.3) is 0 Å². The van der Waals surface area contributed by atoms with E-state index in [-0.39, 0.29) is 11.8 Å². The Bertz CT molecular complexity index is 857. The van der Waals surface area contributed by atoms with E-state index in [0.29, 0.717) is 18.0 Å². The number of anilines is 2. The lowest BCUT2D eigenvalue weighted by Gasteiger charge is -2.19. The fourth-order valence-corrected chi connectivity index (χ4v) is 2.96. The molecule has 0 bridgehead atoms. The predicted molar refractivity (Wildman–Crippen MR) is 99.5 cm³/mol. The Balaban J connectivity index is 1.75. The standard InChI is InChI=1S/C20H22F2N2O3/c1-4-26-19-8-13-7-11(2)27-18(13)10-17(19)23-12(3)20(25)24-16-6-5-14(21)9-15(16)22/h5-6,8-12,23H,4,7H2,1-3H3,(H,24,25)/t11-,12+/m1/s1. The van der Waals surface area contributed by atoms with Gasteiger partial charge in [0.05, 0.1) is 18.0 Å². The van der Waals surface area contributed by atoms with E-state index < -0.39 is 23.6 Å². The number of ether oxygens (including phenoxy) is 2. The van der Waals surface area contributed by atoms with Gasteiger partial charge in [-0.05, 0) is 39.0 Å². The molecule has 1 amide bonds. The highest BCUT2D eigenvalue weighted by Gasteiger charge is 2.23. The maximum atomic E-state index is 13.7. The molecule has 1 aliphatic rings. The zero-order valence-electron chi connectivity index (χ0n) is 15.4. The quantitative estimate of drug-likeness (QED) is 0.796. The zero-order valence-corrected chi connectivity index (χ0v) is 15.4. The Labute approximate surface area is 156 Å². The van der Waals surface area contributed by atoms with E-state index >= 15 is 0 Å². The second kappa shape index (κ2) is 7.82. The first-order valence-electron chi connectivity index (χ1n) is 8.86. The summed E-state index contributed by atoms with van der Waals surface area (Å²) >= 11 is 0. The van der Waals surface area contributed by atoms with Crippen molar-refractivity contribution in [2.45, 2.75) is 39.3 Å². The summed E-state index contributed by atoms with van der Waals surface area (Å²) in [5.41, 5.74) is 1.60. The molecule has 2 aromatic carbocycles. The summed E-state index contributed by atoms with van der Waals surface area (Å²) in [5.74, 6) is -0.610. The van der Waals surface area contributed by atoms with Crippen molar-refractivity contribution >= 4 is 17.3 Å². The Morgan fingerprint density at radius 3 is 2.78 bits per heavy atom. The molecule has 2 atom stereocenters. The van der Waals surface area contributed by atoms with Gasteiger partial charge < -0.3 is 20.1 Å². The third kappa shape index (κ3) is 4.30. The van der Waals surface area contributed by atoms with Crippen molar-refractivity contribution in [2.24, 2.45) is 0 Å². The molecule has 5 nitrogen and oxygen atoms in total. The number of carbonyl (C=O) groups is 1. The van der Waals surface area contributed by atoms with E-state index in [1.807, 2.05) is 26.0 Å². The van der Waals surface area contributed by atoms with Crippen molar-refractivity contribution in [3.63, 3.8) is 0 Å². The second-order valence-electron chi connectivity index (χ2n) is 6.50. The average molecular weight is 376 g/mol. The van der Waals surface area contributed by atoms with Crippen LogP contribution in [-0.4, -0.2) is 24.7 Å². The van der Waals surface area contributed by atoms with Gasteiger partial charge in [-0.1, -0.05) is 0 Å². The van der Waals surface area contributed by atoms with Gasteiger partial charge in [-0.15, -0.1) is 0 Å². The molecule has 1 heterocycles. The summed E-state index contributed by atoms with van der Waals surface area (Å²) in [6.07, 6.45) is 0.891. The van der Waals surface area contributed by atoms with Crippen LogP contribution < -0.4 is 20.1 Å². The molecule has 2 N–H and O–H groups in total. The molecule has 2 aromatic rings. The summed E-state index contributed by atoms with van der Waals surface area (Å²) in [5, 5.41) is 5.53. The SMILES string of the molecule is CCOc1cc2c(cc1N[C@@H](C)C(=O)Nc1ccc(F)cc1F)O[C@H](C)C2. The Morgan fingerprint density at radius 2 is 2.07 bits per heavy atom. The largest absolute Gasteiger partial charge is 0.492 e. The number of rotatable bonds is 6. The first kappa shape index (κ1) is 18.9. The van der Waals surface area contributed by atoms with Gasteiger partial charge in [-0.3, -0.25) is 4.79 Å². The normalized spacial score (nSPS) is 16.3. The summed E-state index contributed by atoms with van der Waals surface area (Å²) < 4.78 is 38.2. The molecule has 144 valence electrons. The Hall–Kier alpha value is -2.83. The molecular weight excluding hydrogens is 354 g/mol. The monoisotopic (exact) mass is 376 g/mol. The first-order valence-corrected chi connectivity index (χ1v) is 8.86. The van der Waals surface area contributed by atoms with Crippen molar-refractivity contribution < 1.29 is 23.0 Å². The van der Waals surface area contributed by atoms with E-state index in [0.717, 1.165) is 29.9 Å². The summed E-state index contributed by atoms with van der Waals surface area (Å²) in [6.45, 7) is 5.98. The topological polar surface area (TPSA) is 59.6 Å². The van der Waals surface area contributed by atoms with Crippen LogP contribution in [0.4, 0.5) is 20.2 Å². The van der Waals surface area contributed by atoms with Crippen LogP contribution in [0.2, 0.25) is 0 Å². The number of nitrogens with one attached hydrogen (secondary N) is 2. The average Bonchev–Trinajstić information content (AvgIpc) is 2.96. The van der Waals surface area contributed by atoms with Crippen LogP contribution in [0.1, 0.15) is 26.3 Å². The molecule has 0 radical (unpaired) electrons. The van der Waals surface area contributed by atoms with Gasteiger partial charge in [0.15, 0.2) is 0 Å². The fourth-order valence-electron chi connectivity index (χ4n) is 2.96. The molecule has 0 fully saturated rings. The molecule has 0 unspecified atom stereocenters. The number of carbonyl (C=O) groups excluding carboxylic acids is 1. The van der Waals surface area contributed by atoms with E-state index in [4.69, 9.17) is 9.47 Å². The lowest BCUT2D eigenvalue weighted by atomic mass is 10.1. The number of amides is 1. The minimum Gasteiger partial charge on any atom is -0.492 e. The predicted octanol–water partition coefficient (Wildman–Crippen LogP) is 4.13. The Morgan fingerprint density at radius 1 is 1.30 bits per heavy atom. The van der Waals surface area contributed by atoms with Crippen molar-refractivity contribution in [1.29, 1.82) is 0 Å². The maximum Gasteiger partial charge on any atom is 0.246 e. The lowest BCUT2D eigenvalue weighted by Crippen LogP contribution is -2.32. The van der Waals surface area contributed by atoms with Crippen LogP contribution in [0.5, 0.6) is 11.5 Å². The first-order chi connectivity index (χ1) is 12.9. The molecule has 0 aromatic heterocycles. The van der Waals surface area contributed by atoms with Gasteiger partial charge in [0.25, 0.3) is 0 Å². The van der Waals surface area contributed by atoms with Gasteiger partial charge in [0.2, 0.25) is 5.91 Å². The number of benzene rings is 2. The van der Waals surface area contributed by atoms with Gasteiger partial charge in [0.1, 0.15) is 35.3 Å². The minimum atomic E-state index is -0.828. The molecule has 0 aliphatic carbocycles. The highest BCUT2D eigenvalue weighted by molar-refractivity contribution is 5.96. The van der Waals surface area contributed by atoms with Crippen LogP contribution in [-0.2, 0) is 11.2 Å². The molecule has 3 rings (SSSR count). The van der Waals surface area contributed by atoms with E-state index in [9.17, 15) is 13.6 Å². The summed E-state index contributed by atoms with van der Waals surface area (Å²) in [6, 6.07) is 6.03. The molecule has 0 spiro atoms. The molecule has 27 heavy (non-hydrogen) atoms. The van der Waals surface area contributed by atoms with E-state index in [2.05, 4.69) is 10.6 Å². The van der Waals surface area contributed by atoms with Gasteiger partial charge in [-0.2, -0.15) is 0 Å². The van der Waals surface area contributed by atoms with Crippen LogP contribution in [0.15, 0.2) is 30.3 Å². The minimum absolute atomic E-state index is 0.0776. The van der Waals surface area contributed by atoms with Crippen LogP contribution >= 0.6 is 0 Å². The van der Waals surface area contributed by atoms with E-state index in [1.54, 1.807) is 6.92 Å². The molecule has 0 saturated carbocycles. The fraction of sp³-hybridized carbons (Fsp3) is 0.350. The number of hydrogen-bond acceptors (Lipinski definition) is 4. The highest BCUT2D eigenvalue weighted by Crippen LogP contribution is 2.38. The third-order valence-corrected chi connectivity index (χ3v) is 4.25. The highest BCUT2D eigenvalue weighted by atomic mass is 19.1. The molecule has 0 saturated heterocycles.